The first-order valence-electron chi connectivity index (χ1n) is 5.93. The van der Waals surface area contributed by atoms with E-state index in [1.807, 2.05) is 0 Å². The Balaban J connectivity index is 2.69. The third-order valence-corrected chi connectivity index (χ3v) is 3.64. The van der Waals surface area contributed by atoms with Crippen LogP contribution in [0.3, 0.4) is 0 Å². The zero-order chi connectivity index (χ0) is 16.5. The smallest absolute Gasteiger partial charge is 0.433 e. The monoisotopic (exact) mass is 349 g/mol. The van der Waals surface area contributed by atoms with Crippen LogP contribution in [0.5, 0.6) is 0 Å². The zero-order valence-electron chi connectivity index (χ0n) is 10.8. The summed E-state index contributed by atoms with van der Waals surface area (Å²) in [6.07, 6.45) is -5.13. The molecule has 0 bridgehead atoms. The van der Waals surface area contributed by atoms with Crippen LogP contribution >= 0.6 is 23.2 Å². The predicted octanol–water partition coefficient (Wildman–Crippen LogP) is 4.70. The highest BCUT2D eigenvalue weighted by atomic mass is 35.5. The van der Waals surface area contributed by atoms with E-state index < -0.39 is 24.3 Å². The van der Waals surface area contributed by atoms with Gasteiger partial charge >= 0.3 is 12.1 Å². The topological polar surface area (TPSA) is 50.2 Å². The van der Waals surface area contributed by atoms with Crippen molar-refractivity contribution in [2.45, 2.75) is 12.6 Å². The molecule has 0 aliphatic rings. The average molecular weight is 350 g/mol. The number of rotatable bonds is 3. The lowest BCUT2D eigenvalue weighted by Gasteiger charge is -2.13. The minimum atomic E-state index is -4.65. The first-order valence-corrected chi connectivity index (χ1v) is 6.69. The first-order chi connectivity index (χ1) is 10.2. The molecule has 0 atom stereocenters. The van der Waals surface area contributed by atoms with Crippen molar-refractivity contribution >= 4 is 29.2 Å². The summed E-state index contributed by atoms with van der Waals surface area (Å²) in [7, 11) is 0. The second kappa shape index (κ2) is 6.14. The lowest BCUT2D eigenvalue weighted by atomic mass is 10.0. The molecule has 0 aliphatic carbocycles. The Morgan fingerprint density at radius 1 is 1.18 bits per heavy atom. The molecule has 116 valence electrons. The van der Waals surface area contributed by atoms with Crippen LogP contribution in [0.2, 0.25) is 10.0 Å². The van der Waals surface area contributed by atoms with Crippen molar-refractivity contribution in [3.05, 3.63) is 51.6 Å². The highest BCUT2D eigenvalue weighted by Gasteiger charge is 2.33. The molecule has 0 fully saturated rings. The van der Waals surface area contributed by atoms with Crippen LogP contribution in [0, 0.1) is 0 Å². The lowest BCUT2D eigenvalue weighted by molar-refractivity contribution is -0.141. The number of aromatic nitrogens is 1. The van der Waals surface area contributed by atoms with E-state index in [4.69, 9.17) is 28.3 Å². The highest BCUT2D eigenvalue weighted by molar-refractivity contribution is 6.43. The summed E-state index contributed by atoms with van der Waals surface area (Å²) in [5.74, 6) is -1.19. The maximum absolute atomic E-state index is 12.8. The summed E-state index contributed by atoms with van der Waals surface area (Å²) in [6, 6.07) is 6.21. The van der Waals surface area contributed by atoms with Crippen molar-refractivity contribution in [1.29, 1.82) is 0 Å². The molecule has 0 saturated heterocycles. The van der Waals surface area contributed by atoms with Crippen LogP contribution in [0.1, 0.15) is 11.3 Å². The highest BCUT2D eigenvalue weighted by Crippen LogP contribution is 2.36. The van der Waals surface area contributed by atoms with E-state index in [1.54, 1.807) is 0 Å². The Morgan fingerprint density at radius 3 is 2.45 bits per heavy atom. The van der Waals surface area contributed by atoms with Crippen LogP contribution < -0.4 is 0 Å². The van der Waals surface area contributed by atoms with E-state index >= 15 is 0 Å². The fourth-order valence-corrected chi connectivity index (χ4v) is 2.26. The predicted molar refractivity (Wildman–Crippen MR) is 76.0 cm³/mol. The van der Waals surface area contributed by atoms with Gasteiger partial charge in [0.25, 0.3) is 0 Å². The molecule has 8 heteroatoms. The summed E-state index contributed by atoms with van der Waals surface area (Å²) < 4.78 is 38.5. The minimum absolute atomic E-state index is 0.0163. The van der Waals surface area contributed by atoms with Crippen LogP contribution in [-0.4, -0.2) is 16.1 Å². The Labute approximate surface area is 133 Å². The van der Waals surface area contributed by atoms with E-state index in [2.05, 4.69) is 4.98 Å². The van der Waals surface area contributed by atoms with Gasteiger partial charge < -0.3 is 5.11 Å². The number of halogens is 5. The molecule has 1 aromatic heterocycles. The number of aliphatic carboxylic acids is 1. The second-order valence-corrected chi connectivity index (χ2v) is 5.16. The summed E-state index contributed by atoms with van der Waals surface area (Å²) in [6.45, 7) is 0. The quantitative estimate of drug-likeness (QED) is 0.873. The number of hydrogen-bond donors (Lipinski definition) is 1. The van der Waals surface area contributed by atoms with Gasteiger partial charge in [-0.2, -0.15) is 13.2 Å². The maximum atomic E-state index is 12.8. The molecule has 2 aromatic rings. The SMILES string of the molecule is O=C(O)Cc1ccc(C(F)(F)F)nc1-c1cccc(Cl)c1Cl. The fourth-order valence-electron chi connectivity index (χ4n) is 1.87. The van der Waals surface area contributed by atoms with Gasteiger partial charge in [0.05, 0.1) is 22.2 Å². The number of pyridine rings is 1. The van der Waals surface area contributed by atoms with Gasteiger partial charge in [0.2, 0.25) is 0 Å². The van der Waals surface area contributed by atoms with Crippen LogP contribution in [0.15, 0.2) is 30.3 Å². The number of alkyl halides is 3. The molecule has 0 spiro atoms. The molecule has 1 aromatic carbocycles. The zero-order valence-corrected chi connectivity index (χ0v) is 12.3. The van der Waals surface area contributed by atoms with Gasteiger partial charge in [-0.25, -0.2) is 4.98 Å². The normalized spacial score (nSPS) is 11.5. The van der Waals surface area contributed by atoms with E-state index in [0.29, 0.717) is 0 Å². The summed E-state index contributed by atoms with van der Waals surface area (Å²) in [5.41, 5.74) is -1.02. The van der Waals surface area contributed by atoms with E-state index in [9.17, 15) is 18.0 Å². The Hall–Kier alpha value is -1.79. The average Bonchev–Trinajstić information content (AvgIpc) is 2.41. The molecule has 0 unspecified atom stereocenters. The van der Waals surface area contributed by atoms with Crippen molar-refractivity contribution in [2.75, 3.05) is 0 Å². The van der Waals surface area contributed by atoms with Gasteiger partial charge in [-0.3, -0.25) is 4.79 Å². The number of benzene rings is 1. The molecule has 1 N–H and O–H groups in total. The molecule has 0 saturated carbocycles. The molecule has 22 heavy (non-hydrogen) atoms. The summed E-state index contributed by atoms with van der Waals surface area (Å²) in [4.78, 5) is 14.4. The molecule has 0 radical (unpaired) electrons. The first kappa shape index (κ1) is 16.6. The van der Waals surface area contributed by atoms with E-state index in [0.717, 1.165) is 12.1 Å². The van der Waals surface area contributed by atoms with Gasteiger partial charge in [-0.1, -0.05) is 41.4 Å². The molecule has 1 heterocycles. The molecular formula is C14H8Cl2F3NO2. The van der Waals surface area contributed by atoms with Gasteiger partial charge in [0.15, 0.2) is 0 Å². The number of carboxylic acid groups (broad SMARTS) is 1. The van der Waals surface area contributed by atoms with Crippen LogP contribution in [0.25, 0.3) is 11.3 Å². The van der Waals surface area contributed by atoms with Crippen LogP contribution in [-0.2, 0) is 17.4 Å². The van der Waals surface area contributed by atoms with Crippen molar-refractivity contribution in [3.8, 4) is 11.3 Å². The lowest BCUT2D eigenvalue weighted by Crippen LogP contribution is -2.11. The Morgan fingerprint density at radius 2 is 1.86 bits per heavy atom. The van der Waals surface area contributed by atoms with E-state index in [1.165, 1.54) is 18.2 Å². The number of nitrogens with zero attached hydrogens (tertiary/aromatic N) is 1. The largest absolute Gasteiger partial charge is 0.481 e. The number of carboxylic acids is 1. The van der Waals surface area contributed by atoms with Crippen molar-refractivity contribution in [2.24, 2.45) is 0 Å². The van der Waals surface area contributed by atoms with Crippen LogP contribution in [0.4, 0.5) is 13.2 Å². The molecule has 0 aliphatic heterocycles. The van der Waals surface area contributed by atoms with Crippen molar-refractivity contribution < 1.29 is 23.1 Å². The van der Waals surface area contributed by atoms with Crippen molar-refractivity contribution in [1.82, 2.24) is 4.98 Å². The number of carbonyl (C=O) groups is 1. The van der Waals surface area contributed by atoms with Gasteiger partial charge in [0.1, 0.15) is 5.69 Å². The van der Waals surface area contributed by atoms with Gasteiger partial charge in [-0.15, -0.1) is 0 Å². The molecule has 3 nitrogen and oxygen atoms in total. The van der Waals surface area contributed by atoms with Gasteiger partial charge in [-0.05, 0) is 17.7 Å². The van der Waals surface area contributed by atoms with Crippen molar-refractivity contribution in [3.63, 3.8) is 0 Å². The maximum Gasteiger partial charge on any atom is 0.433 e. The van der Waals surface area contributed by atoms with E-state index in [-0.39, 0.29) is 26.9 Å². The van der Waals surface area contributed by atoms with Gasteiger partial charge in [0, 0.05) is 5.56 Å². The minimum Gasteiger partial charge on any atom is -0.481 e. The summed E-state index contributed by atoms with van der Waals surface area (Å²) >= 11 is 11.9. The summed E-state index contributed by atoms with van der Waals surface area (Å²) in [5, 5.41) is 9.04. The third kappa shape index (κ3) is 3.51. The molecule has 2 rings (SSSR count). The second-order valence-electron chi connectivity index (χ2n) is 4.37. The Kier molecular flexibility index (Phi) is 4.63. The fraction of sp³-hybridized carbons (Fsp3) is 0.143. The molecule has 0 amide bonds. The Bertz CT molecular complexity index is 733. The molecular weight excluding hydrogens is 342 g/mol. The third-order valence-electron chi connectivity index (χ3n) is 2.82. The standard InChI is InChI=1S/C14H8Cl2F3NO2/c15-9-3-1-2-8(12(9)16)13-7(6-11(21)22)4-5-10(20-13)14(17,18)19/h1-5H,6H2,(H,21,22). The number of hydrogen-bond acceptors (Lipinski definition) is 2.